The van der Waals surface area contributed by atoms with Crippen LogP contribution in [0.3, 0.4) is 0 Å². The highest BCUT2D eigenvalue weighted by Gasteiger charge is 2.06. The number of ketones is 1. The molecule has 2 aromatic rings. The first kappa shape index (κ1) is 15.3. The normalized spacial score (nSPS) is 12.0. The molecule has 0 radical (unpaired) electrons. The second-order valence-electron chi connectivity index (χ2n) is 5.13. The molecule has 1 atom stereocenters. The average Bonchev–Trinajstić information content (AvgIpc) is 2.53. The SMILES string of the molecule is COc1cccc([C@@H](C)NCc2ccc(C(C)=O)cc2)c1. The standard InChI is InChI=1S/C18H21NO2/c1-13(17-5-4-6-18(11-17)21-3)19-12-15-7-9-16(10-8-15)14(2)20/h4-11,13,19H,12H2,1-3H3/t13-/m1/s1. The Labute approximate surface area is 126 Å². The Bertz CT molecular complexity index is 605. The summed E-state index contributed by atoms with van der Waals surface area (Å²) < 4.78 is 5.24. The summed E-state index contributed by atoms with van der Waals surface area (Å²) in [5, 5.41) is 3.47. The van der Waals surface area contributed by atoms with Gasteiger partial charge >= 0.3 is 0 Å². The van der Waals surface area contributed by atoms with Crippen molar-refractivity contribution in [2.45, 2.75) is 26.4 Å². The predicted molar refractivity (Wildman–Crippen MR) is 84.7 cm³/mol. The van der Waals surface area contributed by atoms with Crippen molar-refractivity contribution in [1.82, 2.24) is 5.32 Å². The monoisotopic (exact) mass is 283 g/mol. The number of carbonyl (C=O) groups excluding carboxylic acids is 1. The first-order valence-electron chi connectivity index (χ1n) is 7.07. The molecule has 2 aromatic carbocycles. The highest BCUT2D eigenvalue weighted by Crippen LogP contribution is 2.19. The van der Waals surface area contributed by atoms with Gasteiger partial charge in [-0.05, 0) is 37.1 Å². The number of carbonyl (C=O) groups is 1. The van der Waals surface area contributed by atoms with Gasteiger partial charge in [-0.3, -0.25) is 4.79 Å². The second kappa shape index (κ2) is 7.04. The van der Waals surface area contributed by atoms with Crippen LogP contribution in [0.1, 0.15) is 41.4 Å². The molecule has 21 heavy (non-hydrogen) atoms. The Morgan fingerprint density at radius 2 is 1.90 bits per heavy atom. The molecule has 0 aliphatic heterocycles. The van der Waals surface area contributed by atoms with Gasteiger partial charge in [-0.2, -0.15) is 0 Å². The summed E-state index contributed by atoms with van der Waals surface area (Å²) in [5.74, 6) is 0.964. The van der Waals surface area contributed by atoms with Gasteiger partial charge in [-0.15, -0.1) is 0 Å². The summed E-state index contributed by atoms with van der Waals surface area (Å²) in [6.07, 6.45) is 0. The minimum absolute atomic E-state index is 0.0965. The second-order valence-corrected chi connectivity index (χ2v) is 5.13. The van der Waals surface area contributed by atoms with Gasteiger partial charge in [-0.25, -0.2) is 0 Å². The van der Waals surface area contributed by atoms with Gasteiger partial charge in [0.1, 0.15) is 5.75 Å². The highest BCUT2D eigenvalue weighted by atomic mass is 16.5. The van der Waals surface area contributed by atoms with Crippen LogP contribution in [0.4, 0.5) is 0 Å². The maximum absolute atomic E-state index is 11.2. The van der Waals surface area contributed by atoms with Gasteiger partial charge in [-0.1, -0.05) is 36.4 Å². The van der Waals surface area contributed by atoms with Gasteiger partial charge in [0.25, 0.3) is 0 Å². The van der Waals surface area contributed by atoms with E-state index in [0.717, 1.165) is 23.4 Å². The van der Waals surface area contributed by atoms with E-state index >= 15 is 0 Å². The molecule has 2 rings (SSSR count). The van der Waals surface area contributed by atoms with Gasteiger partial charge in [0.2, 0.25) is 0 Å². The number of nitrogens with one attached hydrogen (secondary N) is 1. The Balaban J connectivity index is 1.96. The topological polar surface area (TPSA) is 38.3 Å². The molecule has 0 saturated carbocycles. The molecular weight excluding hydrogens is 262 g/mol. The van der Waals surface area contributed by atoms with Crippen molar-refractivity contribution in [1.29, 1.82) is 0 Å². The van der Waals surface area contributed by atoms with E-state index in [9.17, 15) is 4.79 Å². The fraction of sp³-hybridized carbons (Fsp3) is 0.278. The summed E-state index contributed by atoms with van der Waals surface area (Å²) >= 11 is 0. The van der Waals surface area contributed by atoms with Gasteiger partial charge in [0.15, 0.2) is 5.78 Å². The quantitative estimate of drug-likeness (QED) is 0.821. The van der Waals surface area contributed by atoms with E-state index in [0.29, 0.717) is 0 Å². The molecule has 110 valence electrons. The van der Waals surface area contributed by atoms with E-state index in [1.807, 2.05) is 42.5 Å². The zero-order valence-electron chi connectivity index (χ0n) is 12.7. The van der Waals surface area contributed by atoms with Gasteiger partial charge in [0.05, 0.1) is 7.11 Å². The van der Waals surface area contributed by atoms with Crippen molar-refractivity contribution in [3.8, 4) is 5.75 Å². The Morgan fingerprint density at radius 3 is 2.52 bits per heavy atom. The molecule has 0 amide bonds. The molecule has 0 bridgehead atoms. The lowest BCUT2D eigenvalue weighted by Crippen LogP contribution is -2.18. The maximum atomic E-state index is 11.2. The van der Waals surface area contributed by atoms with Crippen LogP contribution in [0.2, 0.25) is 0 Å². The number of ether oxygens (including phenoxy) is 1. The Hall–Kier alpha value is -2.13. The average molecular weight is 283 g/mol. The van der Waals surface area contributed by atoms with Crippen LogP contribution in [-0.2, 0) is 6.54 Å². The highest BCUT2D eigenvalue weighted by molar-refractivity contribution is 5.93. The number of rotatable bonds is 6. The molecule has 0 aromatic heterocycles. The Kier molecular flexibility index (Phi) is 5.12. The number of benzene rings is 2. The van der Waals surface area contributed by atoms with Crippen molar-refractivity contribution >= 4 is 5.78 Å². The fourth-order valence-electron chi connectivity index (χ4n) is 2.16. The minimum atomic E-state index is 0.0965. The lowest BCUT2D eigenvalue weighted by atomic mass is 10.1. The molecule has 0 saturated heterocycles. The predicted octanol–water partition coefficient (Wildman–Crippen LogP) is 3.75. The minimum Gasteiger partial charge on any atom is -0.497 e. The summed E-state index contributed by atoms with van der Waals surface area (Å²) in [5.41, 5.74) is 3.10. The van der Waals surface area contributed by atoms with Crippen molar-refractivity contribution < 1.29 is 9.53 Å². The molecule has 3 nitrogen and oxygen atoms in total. The lowest BCUT2D eigenvalue weighted by Gasteiger charge is -2.15. The maximum Gasteiger partial charge on any atom is 0.159 e. The number of hydrogen-bond acceptors (Lipinski definition) is 3. The van der Waals surface area contributed by atoms with Crippen LogP contribution in [0, 0.1) is 0 Å². The number of methoxy groups -OCH3 is 1. The molecule has 0 fully saturated rings. The number of Topliss-reactive ketones (excluding diaryl/α,β-unsaturated/α-hetero) is 1. The van der Waals surface area contributed by atoms with E-state index in [2.05, 4.69) is 18.3 Å². The first-order chi connectivity index (χ1) is 10.1. The van der Waals surface area contributed by atoms with Crippen LogP contribution in [0.25, 0.3) is 0 Å². The molecule has 1 N–H and O–H groups in total. The summed E-state index contributed by atoms with van der Waals surface area (Å²) in [6, 6.07) is 16.0. The van der Waals surface area contributed by atoms with Gasteiger partial charge < -0.3 is 10.1 Å². The van der Waals surface area contributed by atoms with Gasteiger partial charge in [0, 0.05) is 18.2 Å². The van der Waals surface area contributed by atoms with Crippen molar-refractivity contribution in [2.75, 3.05) is 7.11 Å². The van der Waals surface area contributed by atoms with Crippen molar-refractivity contribution in [3.05, 3.63) is 65.2 Å². The molecule has 0 spiro atoms. The summed E-state index contributed by atoms with van der Waals surface area (Å²) in [4.78, 5) is 11.2. The molecule has 0 aliphatic rings. The molecular formula is C18H21NO2. The van der Waals surface area contributed by atoms with Crippen LogP contribution < -0.4 is 10.1 Å². The summed E-state index contributed by atoms with van der Waals surface area (Å²) in [7, 11) is 1.67. The number of hydrogen-bond donors (Lipinski definition) is 1. The third kappa shape index (κ3) is 4.17. The van der Waals surface area contributed by atoms with Crippen LogP contribution in [0.5, 0.6) is 5.75 Å². The van der Waals surface area contributed by atoms with E-state index < -0.39 is 0 Å². The molecule has 0 aliphatic carbocycles. The van der Waals surface area contributed by atoms with E-state index in [-0.39, 0.29) is 11.8 Å². The Morgan fingerprint density at radius 1 is 1.19 bits per heavy atom. The van der Waals surface area contributed by atoms with Crippen LogP contribution in [-0.4, -0.2) is 12.9 Å². The van der Waals surface area contributed by atoms with Crippen molar-refractivity contribution in [3.63, 3.8) is 0 Å². The van der Waals surface area contributed by atoms with Crippen molar-refractivity contribution in [2.24, 2.45) is 0 Å². The molecule has 3 heteroatoms. The first-order valence-corrected chi connectivity index (χ1v) is 7.07. The summed E-state index contributed by atoms with van der Waals surface area (Å²) in [6.45, 7) is 4.47. The molecule has 0 heterocycles. The van der Waals surface area contributed by atoms with E-state index in [1.54, 1.807) is 14.0 Å². The van der Waals surface area contributed by atoms with E-state index in [4.69, 9.17) is 4.74 Å². The fourth-order valence-corrected chi connectivity index (χ4v) is 2.16. The van der Waals surface area contributed by atoms with Crippen LogP contribution in [0.15, 0.2) is 48.5 Å². The lowest BCUT2D eigenvalue weighted by molar-refractivity contribution is 0.101. The third-order valence-electron chi connectivity index (χ3n) is 3.57. The van der Waals surface area contributed by atoms with E-state index in [1.165, 1.54) is 5.56 Å². The zero-order chi connectivity index (χ0) is 15.2. The largest absolute Gasteiger partial charge is 0.497 e. The van der Waals surface area contributed by atoms with Crippen LogP contribution >= 0.6 is 0 Å². The smallest absolute Gasteiger partial charge is 0.159 e. The zero-order valence-corrected chi connectivity index (χ0v) is 12.7. The third-order valence-corrected chi connectivity index (χ3v) is 3.57. The molecule has 0 unspecified atom stereocenters.